The zero-order chi connectivity index (χ0) is 21.7. The molecule has 0 fully saturated rings. The summed E-state index contributed by atoms with van der Waals surface area (Å²) in [5.41, 5.74) is 0.187. The first-order chi connectivity index (χ1) is 14.5. The van der Waals surface area contributed by atoms with Gasteiger partial charge in [0.2, 0.25) is 5.76 Å². The highest BCUT2D eigenvalue weighted by Gasteiger charge is 2.16. The van der Waals surface area contributed by atoms with Crippen molar-refractivity contribution in [2.45, 2.75) is 11.8 Å². The van der Waals surface area contributed by atoms with Gasteiger partial charge in [0.1, 0.15) is 24.0 Å². The van der Waals surface area contributed by atoms with Crippen LogP contribution < -0.4 is 15.0 Å². The Kier molecular flexibility index (Phi) is 6.44. The third-order valence-electron chi connectivity index (χ3n) is 4.06. The second-order valence-corrected chi connectivity index (χ2v) is 6.62. The van der Waals surface area contributed by atoms with E-state index in [-0.39, 0.29) is 23.6 Å². The zero-order valence-corrected chi connectivity index (χ0v) is 17.2. The van der Waals surface area contributed by atoms with Gasteiger partial charge in [0.15, 0.2) is 16.7 Å². The molecule has 10 heteroatoms. The van der Waals surface area contributed by atoms with Crippen LogP contribution in [0.5, 0.6) is 11.5 Å². The number of nitriles is 1. The van der Waals surface area contributed by atoms with Crippen LogP contribution in [0, 0.1) is 11.3 Å². The second kappa shape index (κ2) is 9.19. The van der Waals surface area contributed by atoms with Gasteiger partial charge in [-0.3, -0.25) is 4.79 Å². The normalized spacial score (nSPS) is 10.3. The molecule has 9 nitrogen and oxygen atoms in total. The maximum Gasteiger partial charge on any atom is 0.373 e. The molecule has 3 aromatic rings. The minimum atomic E-state index is -0.577. The van der Waals surface area contributed by atoms with Crippen molar-refractivity contribution in [3.63, 3.8) is 0 Å². The maximum atomic E-state index is 12.1. The van der Waals surface area contributed by atoms with Crippen molar-refractivity contribution >= 4 is 17.7 Å². The monoisotopic (exact) mass is 427 g/mol. The summed E-state index contributed by atoms with van der Waals surface area (Å²) in [6.45, 7) is 0.0516. The minimum Gasteiger partial charge on any atom is -0.493 e. The van der Waals surface area contributed by atoms with Crippen molar-refractivity contribution < 1.29 is 23.4 Å². The summed E-state index contributed by atoms with van der Waals surface area (Å²) in [6, 6.07) is 9.94. The minimum absolute atomic E-state index is 0.0516. The first-order valence-electron chi connectivity index (χ1n) is 8.57. The number of benzene rings is 1. The van der Waals surface area contributed by atoms with Crippen molar-refractivity contribution in [3.05, 3.63) is 57.8 Å². The molecule has 2 aromatic heterocycles. The standard InChI is InChI=1S/C20H17N3O6S/c1-26-16-8-11(17-13(9-21)18(24)23-20(22-17)30-3)4-6-14(16)28-10-12-5-7-15(29-12)19(25)27-2/h4-8H,10H2,1-3H3,(H,22,23,24). The number of hydrogen-bond acceptors (Lipinski definition) is 9. The van der Waals surface area contributed by atoms with E-state index >= 15 is 0 Å². The Morgan fingerprint density at radius 3 is 2.73 bits per heavy atom. The molecule has 1 N–H and O–H groups in total. The number of esters is 1. The molecule has 0 unspecified atom stereocenters. The van der Waals surface area contributed by atoms with Crippen LogP contribution in [0.4, 0.5) is 0 Å². The lowest BCUT2D eigenvalue weighted by Gasteiger charge is -2.12. The van der Waals surface area contributed by atoms with Gasteiger partial charge in [-0.1, -0.05) is 11.8 Å². The van der Waals surface area contributed by atoms with Gasteiger partial charge in [0.25, 0.3) is 5.56 Å². The van der Waals surface area contributed by atoms with Gasteiger partial charge in [-0.15, -0.1) is 0 Å². The fourth-order valence-corrected chi connectivity index (χ4v) is 2.99. The molecule has 0 aliphatic carbocycles. The van der Waals surface area contributed by atoms with Crippen LogP contribution >= 0.6 is 11.8 Å². The van der Waals surface area contributed by atoms with Crippen molar-refractivity contribution in [1.82, 2.24) is 9.97 Å². The van der Waals surface area contributed by atoms with E-state index in [1.54, 1.807) is 30.5 Å². The third kappa shape index (κ3) is 4.31. The largest absolute Gasteiger partial charge is 0.493 e. The molecular weight excluding hydrogens is 410 g/mol. The van der Waals surface area contributed by atoms with Crippen LogP contribution in [0.1, 0.15) is 21.9 Å². The summed E-state index contributed by atoms with van der Waals surface area (Å²) in [6.07, 6.45) is 1.77. The number of nitrogens with zero attached hydrogens (tertiary/aromatic N) is 2. The van der Waals surface area contributed by atoms with Crippen molar-refractivity contribution in [1.29, 1.82) is 5.26 Å². The van der Waals surface area contributed by atoms with E-state index in [9.17, 15) is 14.9 Å². The molecule has 154 valence electrons. The molecule has 0 amide bonds. The molecular formula is C20H17N3O6S. The lowest BCUT2D eigenvalue weighted by atomic mass is 10.1. The molecule has 0 aliphatic rings. The quantitative estimate of drug-likeness (QED) is 0.344. The van der Waals surface area contributed by atoms with Gasteiger partial charge in [0, 0.05) is 5.56 Å². The first-order valence-corrected chi connectivity index (χ1v) is 9.79. The van der Waals surface area contributed by atoms with Gasteiger partial charge in [-0.05, 0) is 36.6 Å². The highest BCUT2D eigenvalue weighted by molar-refractivity contribution is 7.98. The number of methoxy groups -OCH3 is 2. The fraction of sp³-hybridized carbons (Fsp3) is 0.200. The number of furan rings is 1. The van der Waals surface area contributed by atoms with Crippen LogP contribution in [-0.2, 0) is 11.3 Å². The van der Waals surface area contributed by atoms with E-state index < -0.39 is 11.5 Å². The molecule has 0 saturated carbocycles. The summed E-state index contributed by atoms with van der Waals surface area (Å²) < 4.78 is 21.1. The summed E-state index contributed by atoms with van der Waals surface area (Å²) in [7, 11) is 2.74. The van der Waals surface area contributed by atoms with Gasteiger partial charge in [0.05, 0.1) is 19.9 Å². The molecule has 3 rings (SSSR count). The molecule has 0 radical (unpaired) electrons. The van der Waals surface area contributed by atoms with E-state index in [1.807, 2.05) is 6.07 Å². The number of rotatable bonds is 7. The molecule has 0 saturated heterocycles. The predicted molar refractivity (Wildman–Crippen MR) is 108 cm³/mol. The Morgan fingerprint density at radius 2 is 2.07 bits per heavy atom. The number of hydrogen-bond donors (Lipinski definition) is 1. The highest BCUT2D eigenvalue weighted by atomic mass is 32.2. The molecule has 0 aliphatic heterocycles. The van der Waals surface area contributed by atoms with E-state index in [1.165, 1.54) is 32.0 Å². The molecule has 0 bridgehead atoms. The topological polar surface area (TPSA) is 127 Å². The summed E-state index contributed by atoms with van der Waals surface area (Å²) in [5.74, 6) is 0.711. The third-order valence-corrected chi connectivity index (χ3v) is 4.64. The molecule has 2 heterocycles. The van der Waals surface area contributed by atoms with E-state index in [0.29, 0.717) is 28.0 Å². The Bertz CT molecular complexity index is 1180. The van der Waals surface area contributed by atoms with Gasteiger partial charge >= 0.3 is 5.97 Å². The van der Waals surface area contributed by atoms with Gasteiger partial charge in [-0.2, -0.15) is 5.26 Å². The summed E-state index contributed by atoms with van der Waals surface area (Å²) in [4.78, 5) is 30.5. The molecule has 30 heavy (non-hydrogen) atoms. The Balaban J connectivity index is 1.88. The van der Waals surface area contributed by atoms with Gasteiger partial charge in [-0.25, -0.2) is 9.78 Å². The van der Waals surface area contributed by atoms with Crippen molar-refractivity contribution in [3.8, 4) is 28.8 Å². The molecule has 1 aromatic carbocycles. The number of carbonyl (C=O) groups excluding carboxylic acids is 1. The molecule has 0 spiro atoms. The Hall–Kier alpha value is -3.71. The van der Waals surface area contributed by atoms with Crippen molar-refractivity contribution in [2.75, 3.05) is 20.5 Å². The van der Waals surface area contributed by atoms with E-state index in [4.69, 9.17) is 13.9 Å². The average molecular weight is 427 g/mol. The number of thioether (sulfide) groups is 1. The lowest BCUT2D eigenvalue weighted by molar-refractivity contribution is 0.0561. The SMILES string of the molecule is COC(=O)c1ccc(COc2ccc(-c3nc(SC)[nH]c(=O)c3C#N)cc2OC)o1. The van der Waals surface area contributed by atoms with Crippen LogP contribution in [0.2, 0.25) is 0 Å². The van der Waals surface area contributed by atoms with Crippen LogP contribution in [0.25, 0.3) is 11.3 Å². The predicted octanol–water partition coefficient (Wildman–Crippen LogP) is 3.00. The lowest BCUT2D eigenvalue weighted by Crippen LogP contribution is -2.14. The van der Waals surface area contributed by atoms with Gasteiger partial charge < -0.3 is 23.6 Å². The van der Waals surface area contributed by atoms with Crippen molar-refractivity contribution in [2.24, 2.45) is 0 Å². The summed E-state index contributed by atoms with van der Waals surface area (Å²) >= 11 is 1.26. The Labute approximate surface area is 175 Å². The van der Waals surface area contributed by atoms with Crippen LogP contribution in [-0.4, -0.2) is 36.4 Å². The second-order valence-electron chi connectivity index (χ2n) is 5.82. The zero-order valence-electron chi connectivity index (χ0n) is 16.3. The molecule has 0 atom stereocenters. The van der Waals surface area contributed by atoms with Crippen LogP contribution in [0.3, 0.4) is 0 Å². The average Bonchev–Trinajstić information content (AvgIpc) is 3.25. The number of carbonyl (C=O) groups is 1. The summed E-state index contributed by atoms with van der Waals surface area (Å²) in [5, 5.41) is 9.75. The highest BCUT2D eigenvalue weighted by Crippen LogP contribution is 2.33. The fourth-order valence-electron chi connectivity index (χ4n) is 2.61. The number of aromatic nitrogens is 2. The van der Waals surface area contributed by atoms with E-state index in [0.717, 1.165) is 0 Å². The maximum absolute atomic E-state index is 12.1. The number of aromatic amines is 1. The van der Waals surface area contributed by atoms with Crippen LogP contribution in [0.15, 0.2) is 44.7 Å². The van der Waals surface area contributed by atoms with E-state index in [2.05, 4.69) is 14.7 Å². The smallest absolute Gasteiger partial charge is 0.373 e. The first kappa shape index (κ1) is 21.0. The Morgan fingerprint density at radius 1 is 1.27 bits per heavy atom. The number of nitrogens with one attached hydrogen (secondary N) is 1. The number of ether oxygens (including phenoxy) is 3. The number of H-pyrrole nitrogens is 1.